The number of alkyl halides is 12. The molecule has 4 heterocycles. The summed E-state index contributed by atoms with van der Waals surface area (Å²) in [6, 6.07) is 32.3. The van der Waals surface area contributed by atoms with E-state index >= 15 is 0 Å². The molecule has 0 unspecified atom stereocenters. The molecule has 4 aromatic heterocycles. The number of para-hydroxylation sites is 4. The summed E-state index contributed by atoms with van der Waals surface area (Å²) in [5.41, 5.74) is -2.54. The number of hydrogen-bond acceptors (Lipinski definition) is 12. The van der Waals surface area contributed by atoms with Gasteiger partial charge in [-0.1, -0.05) is 72.8 Å². The maximum absolute atomic E-state index is 12.4. The molecule has 0 fully saturated rings. The minimum Gasteiger partial charge on any atom is -0.493 e. The summed E-state index contributed by atoms with van der Waals surface area (Å²) in [6.07, 6.45) is -20.2. The van der Waals surface area contributed by atoms with Crippen LogP contribution in [0.3, 0.4) is 0 Å². The minimum absolute atomic E-state index is 0. The third-order valence-electron chi connectivity index (χ3n) is 10.1. The molecule has 4 aromatic carbocycles. The van der Waals surface area contributed by atoms with Crippen molar-refractivity contribution < 1.29 is 134 Å². The van der Waals surface area contributed by atoms with E-state index in [1.54, 1.807) is 121 Å². The summed E-state index contributed by atoms with van der Waals surface area (Å²) >= 11 is 0. The summed E-state index contributed by atoms with van der Waals surface area (Å²) in [5.74, 6) is -11.7. The number of ketones is 4. The fourth-order valence-electron chi connectivity index (χ4n) is 6.69. The molecule has 0 aliphatic carbocycles. The molecule has 0 saturated heterocycles. The quantitative estimate of drug-likeness (QED) is 0.0825. The number of hydrogen-bond donors (Lipinski definition) is 4. The normalized spacial score (nSPS) is 11.4. The van der Waals surface area contributed by atoms with Crippen LogP contribution in [0.5, 0.6) is 23.5 Å². The first-order valence-corrected chi connectivity index (χ1v) is 21.1. The maximum Gasteiger partial charge on any atom is 0.455 e. The molecular formula is C48H36CeF12N8O8. The Morgan fingerprint density at radius 2 is 0.468 bits per heavy atom. The number of aromatic hydroxyl groups is 4. The number of rotatable bonds is 8. The molecule has 29 heteroatoms. The van der Waals surface area contributed by atoms with Gasteiger partial charge in [-0.3, -0.25) is 19.2 Å². The Bertz CT molecular complexity index is 2930. The van der Waals surface area contributed by atoms with Gasteiger partial charge in [-0.15, -0.1) is 0 Å². The standard InChI is InChI=1S/4C12H9F3N2O2.Ce/c4*1-7-9(10(18)12(13,14)15)11(19)17(16-7)8-5-3-2-4-6-8;/h4*2-6,19H,1H3;. The second kappa shape index (κ2) is 24.4. The van der Waals surface area contributed by atoms with Gasteiger partial charge < -0.3 is 20.4 Å². The Morgan fingerprint density at radius 3 is 0.597 bits per heavy atom. The molecule has 16 nitrogen and oxygen atoms in total. The van der Waals surface area contributed by atoms with E-state index in [-0.39, 0.29) is 64.5 Å². The zero-order valence-corrected chi connectivity index (χ0v) is 42.7. The molecule has 0 aliphatic heterocycles. The maximum atomic E-state index is 12.4. The van der Waals surface area contributed by atoms with Crippen molar-refractivity contribution in [2.45, 2.75) is 52.4 Å². The predicted molar refractivity (Wildman–Crippen MR) is 241 cm³/mol. The van der Waals surface area contributed by atoms with E-state index < -0.39 is 93.6 Å². The van der Waals surface area contributed by atoms with Crippen LogP contribution >= 0.6 is 0 Å². The number of aromatic nitrogens is 8. The van der Waals surface area contributed by atoms with Crippen molar-refractivity contribution in [2.75, 3.05) is 0 Å². The monoisotopic (exact) mass is 1220 g/mol. The largest absolute Gasteiger partial charge is 0.493 e. The van der Waals surface area contributed by atoms with Crippen molar-refractivity contribution in [3.05, 3.63) is 166 Å². The second-order valence-electron chi connectivity index (χ2n) is 15.4. The molecule has 0 bridgehead atoms. The average molecular weight is 1220 g/mol. The number of carbonyl (C=O) groups excluding carboxylic acids is 4. The van der Waals surface area contributed by atoms with Gasteiger partial charge in [0.15, 0.2) is 0 Å². The first-order chi connectivity index (χ1) is 35.3. The van der Waals surface area contributed by atoms with E-state index in [4.69, 9.17) is 0 Å². The SMILES string of the molecule is Cc1nn(-c2ccccc2)c(O)c1C(=O)C(F)(F)F.Cc1nn(-c2ccccc2)c(O)c1C(=O)C(F)(F)F.Cc1nn(-c2ccccc2)c(O)c1C(=O)C(F)(F)F.Cc1nn(-c2ccccc2)c(O)c1C(=O)C(F)(F)F.[Ce]. The fourth-order valence-corrected chi connectivity index (χ4v) is 6.69. The van der Waals surface area contributed by atoms with Crippen molar-refractivity contribution in [1.82, 2.24) is 39.1 Å². The number of Topliss-reactive ketones (excluding diaryl/α,β-unsaturated/α-hetero) is 4. The Kier molecular flexibility index (Phi) is 19.6. The van der Waals surface area contributed by atoms with Crippen LogP contribution in [0.4, 0.5) is 52.7 Å². The topological polar surface area (TPSA) is 220 Å². The summed E-state index contributed by atoms with van der Waals surface area (Å²) < 4.78 is 152. The van der Waals surface area contributed by atoms with Crippen LogP contribution in [0.15, 0.2) is 121 Å². The van der Waals surface area contributed by atoms with Crippen LogP contribution in [-0.4, -0.2) is 107 Å². The van der Waals surface area contributed by atoms with E-state index in [0.717, 1.165) is 18.7 Å². The predicted octanol–water partition coefficient (Wildman–Crippen LogP) is 10.5. The second-order valence-corrected chi connectivity index (χ2v) is 15.4. The molecule has 77 heavy (non-hydrogen) atoms. The number of aryl methyl sites for hydroxylation is 4. The Labute approximate surface area is 458 Å². The molecule has 0 saturated carbocycles. The van der Waals surface area contributed by atoms with Gasteiger partial charge in [0.2, 0.25) is 23.5 Å². The van der Waals surface area contributed by atoms with Crippen LogP contribution < -0.4 is 0 Å². The molecule has 0 spiro atoms. The van der Waals surface area contributed by atoms with Crippen LogP contribution in [0.2, 0.25) is 0 Å². The molecule has 0 aliphatic rings. The van der Waals surface area contributed by atoms with Crippen LogP contribution in [0.1, 0.15) is 64.2 Å². The van der Waals surface area contributed by atoms with Crippen molar-refractivity contribution in [2.24, 2.45) is 0 Å². The zero-order valence-electron chi connectivity index (χ0n) is 39.6. The van der Waals surface area contributed by atoms with E-state index in [1.807, 2.05) is 0 Å². The summed E-state index contributed by atoms with van der Waals surface area (Å²) in [4.78, 5) is 44.9. The van der Waals surface area contributed by atoms with Crippen molar-refractivity contribution in [3.63, 3.8) is 0 Å². The first kappa shape index (κ1) is 61.7. The van der Waals surface area contributed by atoms with Crippen molar-refractivity contribution >= 4 is 23.1 Å². The number of nitrogens with zero attached hydrogens (tertiary/aromatic N) is 8. The van der Waals surface area contributed by atoms with Gasteiger partial charge in [-0.05, 0) is 76.2 Å². The molecule has 4 N–H and O–H groups in total. The third kappa shape index (κ3) is 14.3. The number of benzene rings is 4. The Hall–Kier alpha value is -7.86. The van der Waals surface area contributed by atoms with Crippen LogP contribution in [0, 0.1) is 69.4 Å². The molecule has 0 radical (unpaired) electrons. The first-order valence-electron chi connectivity index (χ1n) is 21.1. The zero-order chi connectivity index (χ0) is 56.8. The molecule has 8 rings (SSSR count). The molecular weight excluding hydrogens is 1180 g/mol. The van der Waals surface area contributed by atoms with E-state index in [9.17, 15) is 92.3 Å². The average Bonchev–Trinajstić information content (AvgIpc) is 4.04. The number of halogens is 12. The van der Waals surface area contributed by atoms with Crippen molar-refractivity contribution in [3.8, 4) is 46.3 Å². The third-order valence-corrected chi connectivity index (χ3v) is 10.1. The van der Waals surface area contributed by atoms with Gasteiger partial charge in [0.25, 0.3) is 23.1 Å². The van der Waals surface area contributed by atoms with E-state index in [2.05, 4.69) is 20.4 Å². The van der Waals surface area contributed by atoms with Gasteiger partial charge >= 0.3 is 24.7 Å². The van der Waals surface area contributed by atoms with E-state index in [1.165, 1.54) is 27.7 Å². The minimum atomic E-state index is -5.05. The summed E-state index contributed by atoms with van der Waals surface area (Å²) in [5, 5.41) is 54.1. The van der Waals surface area contributed by atoms with Crippen molar-refractivity contribution in [1.29, 1.82) is 0 Å². The summed E-state index contributed by atoms with van der Waals surface area (Å²) in [6.45, 7) is 4.94. The Morgan fingerprint density at radius 1 is 0.325 bits per heavy atom. The molecule has 0 amide bonds. The summed E-state index contributed by atoms with van der Waals surface area (Å²) in [7, 11) is 0. The fraction of sp³-hybridized carbons (Fsp3) is 0.167. The Balaban J connectivity index is 0.000000221. The molecule has 404 valence electrons. The molecule has 0 atom stereocenters. The van der Waals surface area contributed by atoms with Gasteiger partial charge in [0, 0.05) is 41.7 Å². The van der Waals surface area contributed by atoms with Gasteiger partial charge in [-0.2, -0.15) is 73.1 Å². The molecule has 8 aromatic rings. The van der Waals surface area contributed by atoms with E-state index in [0.29, 0.717) is 22.7 Å². The number of carbonyl (C=O) groups is 4. The van der Waals surface area contributed by atoms with Crippen LogP contribution in [-0.2, 0) is 0 Å². The smallest absolute Gasteiger partial charge is 0.455 e. The van der Waals surface area contributed by atoms with Gasteiger partial charge in [0.05, 0.1) is 45.5 Å². The van der Waals surface area contributed by atoms with Gasteiger partial charge in [0.1, 0.15) is 22.3 Å². The van der Waals surface area contributed by atoms with Gasteiger partial charge in [-0.25, -0.2) is 18.7 Å². The van der Waals surface area contributed by atoms with Crippen LogP contribution in [0.25, 0.3) is 22.7 Å².